The van der Waals surface area contributed by atoms with E-state index in [1.54, 1.807) is 6.07 Å². The highest BCUT2D eigenvalue weighted by molar-refractivity contribution is 9.10. The first-order chi connectivity index (χ1) is 11.2. The summed E-state index contributed by atoms with van der Waals surface area (Å²) in [6, 6.07) is 18.1. The molecule has 3 aromatic rings. The molecule has 1 aromatic heterocycles. The highest BCUT2D eigenvalue weighted by Gasteiger charge is 2.09. The number of nitrogens with zero attached hydrogens (tertiary/aromatic N) is 1. The molecular formula is C18H11BrN2O2. The Morgan fingerprint density at radius 3 is 2.65 bits per heavy atom. The van der Waals surface area contributed by atoms with Gasteiger partial charge in [-0.25, -0.2) is 0 Å². The Balaban J connectivity index is 2.08. The smallest absolute Gasteiger partial charge is 0.252 e. The summed E-state index contributed by atoms with van der Waals surface area (Å²) in [5.41, 5.74) is 1.17. The van der Waals surface area contributed by atoms with Crippen LogP contribution in [0, 0.1) is 11.3 Å². The highest BCUT2D eigenvalue weighted by atomic mass is 79.9. The van der Waals surface area contributed by atoms with Crippen molar-refractivity contribution in [2.75, 3.05) is 0 Å². The number of allylic oxidation sites excluding steroid dienone is 1. The first-order valence-electron chi connectivity index (χ1n) is 6.83. The van der Waals surface area contributed by atoms with Crippen molar-refractivity contribution in [3.63, 3.8) is 0 Å². The van der Waals surface area contributed by atoms with Gasteiger partial charge in [0.15, 0.2) is 0 Å². The number of hydrogen-bond acceptors (Lipinski definition) is 3. The summed E-state index contributed by atoms with van der Waals surface area (Å²) in [5.74, 6) is 0.796. The molecule has 0 atom stereocenters. The minimum atomic E-state index is -0.259. The molecule has 1 heterocycles. The van der Waals surface area contributed by atoms with E-state index in [0.29, 0.717) is 17.0 Å². The van der Waals surface area contributed by atoms with Crippen LogP contribution in [0.4, 0.5) is 0 Å². The van der Waals surface area contributed by atoms with Crippen LogP contribution in [0.5, 0.6) is 5.75 Å². The van der Waals surface area contributed by atoms with Crippen LogP contribution in [0.15, 0.2) is 69.9 Å². The predicted octanol–water partition coefficient (Wildman–Crippen LogP) is 4.23. The zero-order valence-corrected chi connectivity index (χ0v) is 13.5. The van der Waals surface area contributed by atoms with Crippen LogP contribution in [0.3, 0.4) is 0 Å². The molecule has 1 N–H and O–H groups in total. The van der Waals surface area contributed by atoms with Crippen molar-refractivity contribution in [3.8, 4) is 11.8 Å². The number of fused-ring (bicyclic) bond motifs is 1. The summed E-state index contributed by atoms with van der Waals surface area (Å²) in [7, 11) is 0. The van der Waals surface area contributed by atoms with Crippen molar-refractivity contribution in [2.24, 2.45) is 0 Å². The number of nitrogens with one attached hydrogen (secondary N) is 1. The first kappa shape index (κ1) is 15.1. The fourth-order valence-electron chi connectivity index (χ4n) is 2.22. The maximum atomic E-state index is 11.8. The number of hydrogen-bond donors (Lipinski definition) is 1. The molecule has 5 heteroatoms. The van der Waals surface area contributed by atoms with E-state index < -0.39 is 0 Å². The molecule has 0 saturated carbocycles. The lowest BCUT2D eigenvalue weighted by atomic mass is 10.1. The lowest BCUT2D eigenvalue weighted by molar-refractivity contribution is 0.520. The van der Waals surface area contributed by atoms with Gasteiger partial charge in [-0.1, -0.05) is 40.2 Å². The number of aromatic amines is 1. The summed E-state index contributed by atoms with van der Waals surface area (Å²) in [6.07, 6.45) is 1.32. The molecule has 0 aliphatic heterocycles. The van der Waals surface area contributed by atoms with Gasteiger partial charge in [-0.3, -0.25) is 4.79 Å². The maximum absolute atomic E-state index is 11.8. The Morgan fingerprint density at radius 1 is 1.17 bits per heavy atom. The molecule has 3 rings (SSSR count). The van der Waals surface area contributed by atoms with Crippen LogP contribution in [-0.2, 0) is 0 Å². The molecule has 0 aliphatic rings. The second kappa shape index (κ2) is 6.51. The molecule has 4 nitrogen and oxygen atoms in total. The number of aromatic nitrogens is 1. The fraction of sp³-hybridized carbons (Fsp3) is 0. The molecule has 0 spiro atoms. The molecule has 23 heavy (non-hydrogen) atoms. The minimum absolute atomic E-state index is 0.259. The third-order valence-corrected chi connectivity index (χ3v) is 3.79. The van der Waals surface area contributed by atoms with Gasteiger partial charge < -0.3 is 9.72 Å². The van der Waals surface area contributed by atoms with Crippen molar-refractivity contribution >= 4 is 32.6 Å². The second-order valence-electron chi connectivity index (χ2n) is 4.79. The molecule has 112 valence electrons. The minimum Gasteiger partial charge on any atom is -0.455 e. The maximum Gasteiger partial charge on any atom is 0.252 e. The van der Waals surface area contributed by atoms with Gasteiger partial charge in [0.05, 0.1) is 17.7 Å². The topological polar surface area (TPSA) is 65.9 Å². The molecule has 0 radical (unpaired) electrons. The standard InChI is InChI=1S/C18H11BrN2O2/c19-13-7-5-12(6-8-13)16(9-10-20)23-17-11-18(22)21-15-4-2-1-3-14(15)17/h1-9,11H,(H,21,22)/b16-9-. The largest absolute Gasteiger partial charge is 0.455 e. The van der Waals surface area contributed by atoms with Crippen molar-refractivity contribution in [3.05, 3.63) is 81.1 Å². The Labute approximate surface area is 140 Å². The zero-order valence-electron chi connectivity index (χ0n) is 11.9. The van der Waals surface area contributed by atoms with Gasteiger partial charge in [-0.15, -0.1) is 0 Å². The number of para-hydroxylation sites is 1. The average molecular weight is 367 g/mol. The molecule has 0 bridgehead atoms. The Bertz CT molecular complexity index is 982. The number of ether oxygens (including phenoxy) is 1. The molecule has 0 saturated heterocycles. The third kappa shape index (κ3) is 3.33. The van der Waals surface area contributed by atoms with Crippen LogP contribution >= 0.6 is 15.9 Å². The van der Waals surface area contributed by atoms with Crippen LogP contribution in [0.25, 0.3) is 16.7 Å². The van der Waals surface area contributed by atoms with Crippen molar-refractivity contribution in [2.45, 2.75) is 0 Å². The number of H-pyrrole nitrogens is 1. The van der Waals surface area contributed by atoms with E-state index >= 15 is 0 Å². The monoisotopic (exact) mass is 366 g/mol. The van der Waals surface area contributed by atoms with E-state index in [4.69, 9.17) is 10.00 Å². The van der Waals surface area contributed by atoms with E-state index in [0.717, 1.165) is 15.4 Å². The quantitative estimate of drug-likeness (QED) is 0.556. The first-order valence-corrected chi connectivity index (χ1v) is 7.62. The van der Waals surface area contributed by atoms with Crippen LogP contribution < -0.4 is 10.3 Å². The second-order valence-corrected chi connectivity index (χ2v) is 5.71. The number of rotatable bonds is 3. The average Bonchev–Trinajstić information content (AvgIpc) is 2.55. The van der Waals surface area contributed by atoms with Gasteiger partial charge in [0.1, 0.15) is 11.5 Å². The summed E-state index contributed by atoms with van der Waals surface area (Å²) in [4.78, 5) is 14.6. The lowest BCUT2D eigenvalue weighted by Crippen LogP contribution is -2.06. The van der Waals surface area contributed by atoms with Gasteiger partial charge in [0.25, 0.3) is 5.56 Å². The zero-order chi connectivity index (χ0) is 16.2. The fourth-order valence-corrected chi connectivity index (χ4v) is 2.48. The summed E-state index contributed by atoms with van der Waals surface area (Å²) < 4.78 is 6.81. The van der Waals surface area contributed by atoms with E-state index in [1.165, 1.54) is 12.1 Å². The van der Waals surface area contributed by atoms with E-state index in [2.05, 4.69) is 20.9 Å². The summed E-state index contributed by atoms with van der Waals surface area (Å²) in [6.45, 7) is 0. The van der Waals surface area contributed by atoms with Crippen LogP contribution in [0.1, 0.15) is 5.56 Å². The van der Waals surface area contributed by atoms with Gasteiger partial charge in [-0.2, -0.15) is 5.26 Å². The number of pyridine rings is 1. The number of halogens is 1. The van der Waals surface area contributed by atoms with E-state index in [9.17, 15) is 4.79 Å². The van der Waals surface area contributed by atoms with Crippen LogP contribution in [-0.4, -0.2) is 4.98 Å². The molecule has 2 aromatic carbocycles. The Kier molecular flexibility index (Phi) is 4.26. The SMILES string of the molecule is N#C/C=C(\Oc1cc(=O)[nH]c2ccccc12)c1ccc(Br)cc1. The van der Waals surface area contributed by atoms with Crippen molar-refractivity contribution < 1.29 is 4.74 Å². The predicted molar refractivity (Wildman–Crippen MR) is 92.9 cm³/mol. The molecular weight excluding hydrogens is 356 g/mol. The molecule has 0 fully saturated rings. The van der Waals surface area contributed by atoms with Crippen molar-refractivity contribution in [1.29, 1.82) is 5.26 Å². The van der Waals surface area contributed by atoms with Gasteiger partial charge in [0, 0.05) is 21.5 Å². The number of nitriles is 1. The third-order valence-electron chi connectivity index (χ3n) is 3.26. The Morgan fingerprint density at radius 2 is 1.91 bits per heavy atom. The molecule has 0 aliphatic carbocycles. The van der Waals surface area contributed by atoms with Crippen molar-refractivity contribution in [1.82, 2.24) is 4.98 Å². The summed E-state index contributed by atoms with van der Waals surface area (Å²) >= 11 is 3.37. The summed E-state index contributed by atoms with van der Waals surface area (Å²) in [5, 5.41) is 9.79. The lowest BCUT2D eigenvalue weighted by Gasteiger charge is -2.11. The van der Waals surface area contributed by atoms with Gasteiger partial charge in [-0.05, 0) is 24.3 Å². The van der Waals surface area contributed by atoms with E-state index in [-0.39, 0.29) is 5.56 Å². The van der Waals surface area contributed by atoms with Gasteiger partial charge >= 0.3 is 0 Å². The van der Waals surface area contributed by atoms with Crippen LogP contribution in [0.2, 0.25) is 0 Å². The molecule has 0 unspecified atom stereocenters. The molecule has 0 amide bonds. The normalized spacial score (nSPS) is 11.2. The van der Waals surface area contributed by atoms with E-state index in [1.807, 2.05) is 48.5 Å². The highest BCUT2D eigenvalue weighted by Crippen LogP contribution is 2.27. The number of benzene rings is 2. The van der Waals surface area contributed by atoms with Gasteiger partial charge in [0.2, 0.25) is 0 Å². The Hall–Kier alpha value is -2.84.